The molecule has 6 saturated heterocycles. The topological polar surface area (TPSA) is 63.6 Å². The van der Waals surface area contributed by atoms with Gasteiger partial charge in [0.25, 0.3) is 0 Å². The van der Waals surface area contributed by atoms with Gasteiger partial charge in [-0.05, 0) is 30.8 Å². The molecule has 45 heavy (non-hydrogen) atoms. The number of fused-ring (bicyclic) bond motifs is 4. The van der Waals surface area contributed by atoms with Crippen LogP contribution in [0, 0.1) is 5.82 Å². The van der Waals surface area contributed by atoms with Gasteiger partial charge >= 0.3 is 6.01 Å². The lowest BCUT2D eigenvalue weighted by molar-refractivity contribution is -0.949. The van der Waals surface area contributed by atoms with Crippen LogP contribution >= 0.6 is 11.6 Å². The minimum Gasteiger partial charge on any atom is -0.461 e. The van der Waals surface area contributed by atoms with Crippen molar-refractivity contribution >= 4 is 39.1 Å². The summed E-state index contributed by atoms with van der Waals surface area (Å²) in [4.78, 5) is 18.8. The van der Waals surface area contributed by atoms with Gasteiger partial charge in [0.2, 0.25) is 0 Å². The summed E-state index contributed by atoms with van der Waals surface area (Å²) in [6.45, 7) is 3.19. The first-order valence-electron chi connectivity index (χ1n) is 16.1. The molecule has 0 radical (unpaired) electrons. The van der Waals surface area contributed by atoms with Crippen LogP contribution in [0.3, 0.4) is 0 Å². The average Bonchev–Trinajstić information content (AvgIpc) is 3.33. The predicted octanol–water partition coefficient (Wildman–Crippen LogP) is 5.15. The molecule has 2 aromatic heterocycles. The molecule has 8 nitrogen and oxygen atoms in total. The van der Waals surface area contributed by atoms with Crippen molar-refractivity contribution in [2.75, 3.05) is 44.8 Å². The molecular formula is C34H34ClF2N6O2+. The Balaban J connectivity index is 1.09. The van der Waals surface area contributed by atoms with Gasteiger partial charge in [-0.1, -0.05) is 41.9 Å². The molecule has 10 rings (SSSR count). The quantitative estimate of drug-likeness (QED) is 0.216. The van der Waals surface area contributed by atoms with E-state index < -0.39 is 12.0 Å². The average molecular weight is 632 g/mol. The van der Waals surface area contributed by atoms with Gasteiger partial charge in [-0.25, -0.2) is 8.78 Å². The van der Waals surface area contributed by atoms with Crippen molar-refractivity contribution in [2.24, 2.45) is 0 Å². The summed E-state index contributed by atoms with van der Waals surface area (Å²) in [5, 5.41) is 2.74. The van der Waals surface area contributed by atoms with Gasteiger partial charge in [-0.3, -0.25) is 14.4 Å². The van der Waals surface area contributed by atoms with Crippen LogP contribution in [-0.4, -0.2) is 106 Å². The highest BCUT2D eigenvalue weighted by molar-refractivity contribution is 6.36. The zero-order chi connectivity index (χ0) is 30.2. The van der Waals surface area contributed by atoms with Crippen molar-refractivity contribution in [3.05, 3.63) is 53.4 Å². The van der Waals surface area contributed by atoms with Crippen LogP contribution in [0.15, 0.2) is 42.6 Å². The molecule has 0 bridgehead atoms. The third-order valence-corrected chi connectivity index (χ3v) is 12.5. The highest BCUT2D eigenvalue weighted by Crippen LogP contribution is 2.69. The first kappa shape index (κ1) is 27.0. The van der Waals surface area contributed by atoms with Crippen LogP contribution < -0.4 is 9.64 Å². The molecule has 0 saturated carbocycles. The summed E-state index contributed by atoms with van der Waals surface area (Å²) >= 11 is 6.63. The van der Waals surface area contributed by atoms with E-state index in [0.29, 0.717) is 52.9 Å². The Morgan fingerprint density at radius 2 is 1.98 bits per heavy atom. The summed E-state index contributed by atoms with van der Waals surface area (Å²) in [6, 6.07) is 13.7. The molecule has 6 fully saturated rings. The van der Waals surface area contributed by atoms with Crippen LogP contribution in [-0.2, 0) is 4.74 Å². The molecule has 0 amide bonds. The van der Waals surface area contributed by atoms with E-state index >= 15 is 4.39 Å². The number of quaternary nitrogens is 1. The maximum atomic E-state index is 16.8. The zero-order valence-electron chi connectivity index (χ0n) is 25.0. The highest BCUT2D eigenvalue weighted by Gasteiger charge is 2.93. The maximum Gasteiger partial charge on any atom is 0.319 e. The highest BCUT2D eigenvalue weighted by atomic mass is 35.5. The van der Waals surface area contributed by atoms with Crippen LogP contribution in [0.4, 0.5) is 14.6 Å². The number of nitrogens with zero attached hydrogens (tertiary/aromatic N) is 6. The minimum atomic E-state index is -0.867. The van der Waals surface area contributed by atoms with Crippen molar-refractivity contribution in [3.8, 4) is 17.3 Å². The third-order valence-electron chi connectivity index (χ3n) is 12.2. The molecule has 1 spiro atoms. The molecule has 232 valence electrons. The summed E-state index contributed by atoms with van der Waals surface area (Å²) < 4.78 is 44.8. The van der Waals surface area contributed by atoms with Crippen LogP contribution in [0.5, 0.6) is 6.01 Å². The van der Waals surface area contributed by atoms with E-state index in [2.05, 4.69) is 14.8 Å². The standard InChI is InChI=1S/C34H34ClF2N6O2/c1-44-31-25-16-41(15-20-11-24-30(31)43(20,24)25)32-22-13-38-28(21-7-2-5-18-6-3-8-23(35)26(18)21)27(37)29(22)39-33(40-32)45-17-34-9-4-10-42(34)14-19(36)12-34/h2-3,5-8,13,19-20,24-25,30-31H,4,9-12,14-17H2,1H3/q+1/t19-,20-,24?,25-,30?,31+,34+,43?/m1/s1. The van der Waals surface area contributed by atoms with Crippen molar-refractivity contribution in [2.45, 2.75) is 67.7 Å². The molecule has 3 unspecified atom stereocenters. The molecule has 8 heterocycles. The molecule has 4 aromatic rings. The number of methoxy groups -OCH3 is 1. The lowest BCUT2D eigenvalue weighted by Gasteiger charge is -2.56. The third kappa shape index (κ3) is 3.44. The molecule has 6 aliphatic rings. The van der Waals surface area contributed by atoms with Crippen LogP contribution in [0.1, 0.15) is 25.7 Å². The number of pyridine rings is 1. The molecule has 0 aliphatic carbocycles. The van der Waals surface area contributed by atoms with Gasteiger partial charge in [0, 0.05) is 42.2 Å². The summed E-state index contributed by atoms with van der Waals surface area (Å²) in [6.07, 6.45) is 4.58. The largest absolute Gasteiger partial charge is 0.461 e. The van der Waals surface area contributed by atoms with Gasteiger partial charge in [0.15, 0.2) is 24.0 Å². The van der Waals surface area contributed by atoms with Crippen molar-refractivity contribution in [1.29, 1.82) is 0 Å². The number of anilines is 1. The van der Waals surface area contributed by atoms with Crippen molar-refractivity contribution < 1.29 is 22.7 Å². The van der Waals surface area contributed by atoms with E-state index in [1.807, 2.05) is 37.4 Å². The van der Waals surface area contributed by atoms with Crippen molar-refractivity contribution in [3.63, 3.8) is 0 Å². The second kappa shape index (κ2) is 9.21. The van der Waals surface area contributed by atoms with Gasteiger partial charge in [0.05, 0.1) is 30.4 Å². The molecular weight excluding hydrogens is 598 g/mol. The van der Waals surface area contributed by atoms with E-state index in [1.54, 1.807) is 12.3 Å². The van der Waals surface area contributed by atoms with E-state index in [1.165, 1.54) is 10.9 Å². The lowest BCUT2D eigenvalue weighted by Crippen LogP contribution is -2.76. The van der Waals surface area contributed by atoms with Gasteiger partial charge in [0.1, 0.15) is 41.9 Å². The number of benzene rings is 2. The molecule has 0 N–H and O–H groups in total. The first-order chi connectivity index (χ1) is 21.9. The summed E-state index contributed by atoms with van der Waals surface area (Å²) in [5.41, 5.74) is 0.593. The Kier molecular flexibility index (Phi) is 5.52. The number of piperazine rings is 1. The Hall–Kier alpha value is -3.18. The normalized spacial score (nSPS) is 36.0. The number of aromatic nitrogens is 3. The lowest BCUT2D eigenvalue weighted by atomic mass is 9.91. The molecule has 8 atom stereocenters. The van der Waals surface area contributed by atoms with Crippen LogP contribution in [0.25, 0.3) is 32.9 Å². The minimum absolute atomic E-state index is 0.121. The fourth-order valence-electron chi connectivity index (χ4n) is 10.4. The molecule has 6 aliphatic heterocycles. The predicted molar refractivity (Wildman–Crippen MR) is 167 cm³/mol. The smallest absolute Gasteiger partial charge is 0.319 e. The van der Waals surface area contributed by atoms with Gasteiger partial charge in [-0.2, -0.15) is 9.97 Å². The first-order valence-corrected chi connectivity index (χ1v) is 16.5. The van der Waals surface area contributed by atoms with Gasteiger partial charge < -0.3 is 14.4 Å². The Bertz CT molecular complexity index is 1910. The Labute approximate surface area is 264 Å². The summed E-state index contributed by atoms with van der Waals surface area (Å²) in [5.74, 6) is 0.105. The van der Waals surface area contributed by atoms with E-state index in [0.717, 1.165) is 49.3 Å². The number of ether oxygens (including phenoxy) is 2. The van der Waals surface area contributed by atoms with Crippen molar-refractivity contribution in [1.82, 2.24) is 19.9 Å². The molecule has 2 aromatic carbocycles. The molecule has 11 heteroatoms. The number of halogens is 3. The maximum absolute atomic E-state index is 16.8. The van der Waals surface area contributed by atoms with Gasteiger partial charge in [-0.15, -0.1) is 0 Å². The van der Waals surface area contributed by atoms with Crippen LogP contribution in [0.2, 0.25) is 5.02 Å². The Morgan fingerprint density at radius 1 is 1.11 bits per heavy atom. The second-order valence-electron chi connectivity index (χ2n) is 14.0. The fourth-order valence-corrected chi connectivity index (χ4v) is 10.6. The number of alkyl halides is 1. The number of hydrogen-bond acceptors (Lipinski definition) is 7. The SMILES string of the molecule is CO[C@@H]1C2C3C[C@@H]4CN(c5nc(OC[C@@]67CCCN6C[C@H](F)C7)nc6c(F)c(-c7cccc8cccc(Cl)c78)ncc56)C[C@H]1[N+]324. The summed E-state index contributed by atoms with van der Waals surface area (Å²) in [7, 11) is 1.82. The van der Waals surface area contributed by atoms with E-state index in [4.69, 9.17) is 31.0 Å². The second-order valence-corrected chi connectivity index (χ2v) is 14.4. The number of rotatable bonds is 6. The fraction of sp³-hybridized carbons (Fsp3) is 0.500. The van der Waals surface area contributed by atoms with E-state index in [9.17, 15) is 4.39 Å². The van der Waals surface area contributed by atoms with E-state index in [-0.39, 0.29) is 35.5 Å². The zero-order valence-corrected chi connectivity index (χ0v) is 25.8. The monoisotopic (exact) mass is 631 g/mol. The Morgan fingerprint density at radius 3 is 2.84 bits per heavy atom. The number of hydrogen-bond donors (Lipinski definition) is 0.